The van der Waals surface area contributed by atoms with Crippen LogP contribution in [0.25, 0.3) is 0 Å². The molecule has 1 aliphatic rings. The van der Waals surface area contributed by atoms with Crippen molar-refractivity contribution in [2.75, 3.05) is 7.11 Å². The van der Waals surface area contributed by atoms with Crippen molar-refractivity contribution >= 4 is 5.97 Å². The van der Waals surface area contributed by atoms with E-state index in [-0.39, 0.29) is 17.5 Å². The average molecular weight is 158 g/mol. The Hall–Kier alpha value is -0.570. The van der Waals surface area contributed by atoms with Gasteiger partial charge < -0.3 is 9.84 Å². The van der Waals surface area contributed by atoms with Crippen molar-refractivity contribution in [3.8, 4) is 0 Å². The fourth-order valence-electron chi connectivity index (χ4n) is 1.66. The summed E-state index contributed by atoms with van der Waals surface area (Å²) in [6, 6.07) is 0. The minimum absolute atomic E-state index is 0.176. The van der Waals surface area contributed by atoms with Crippen molar-refractivity contribution in [2.45, 2.75) is 32.3 Å². The summed E-state index contributed by atoms with van der Waals surface area (Å²) in [5.74, 6) is -0.176. The Morgan fingerprint density at radius 3 is 2.55 bits per heavy atom. The number of hydrogen-bond donors (Lipinski definition) is 1. The van der Waals surface area contributed by atoms with Gasteiger partial charge in [0.15, 0.2) is 0 Å². The number of hydrogen-bond acceptors (Lipinski definition) is 3. The molecule has 1 N–H and O–H groups in total. The van der Waals surface area contributed by atoms with Crippen molar-refractivity contribution < 1.29 is 14.6 Å². The maximum absolute atomic E-state index is 11.2. The first-order chi connectivity index (χ1) is 5.14. The van der Waals surface area contributed by atoms with E-state index >= 15 is 0 Å². The van der Waals surface area contributed by atoms with Crippen LogP contribution in [-0.4, -0.2) is 24.3 Å². The Bertz CT molecular complexity index is 159. The molecule has 0 saturated heterocycles. The van der Waals surface area contributed by atoms with Crippen molar-refractivity contribution in [3.05, 3.63) is 0 Å². The Labute approximate surface area is 66.4 Å². The molecule has 0 spiro atoms. The van der Waals surface area contributed by atoms with Crippen LogP contribution in [0.3, 0.4) is 0 Å². The van der Waals surface area contributed by atoms with E-state index in [2.05, 4.69) is 4.74 Å². The zero-order valence-electron chi connectivity index (χ0n) is 6.96. The van der Waals surface area contributed by atoms with Gasteiger partial charge in [-0.2, -0.15) is 0 Å². The molecule has 0 atom stereocenters. The lowest BCUT2D eigenvalue weighted by Crippen LogP contribution is -2.46. The predicted octanol–water partition coefficient (Wildman–Crippen LogP) is 0.711. The number of aliphatic hydroxyl groups excluding tert-OH is 1. The van der Waals surface area contributed by atoms with Gasteiger partial charge in [0.05, 0.1) is 18.6 Å². The zero-order chi connectivity index (χ0) is 8.48. The van der Waals surface area contributed by atoms with E-state index < -0.39 is 0 Å². The van der Waals surface area contributed by atoms with E-state index in [4.69, 9.17) is 5.11 Å². The lowest BCUT2D eigenvalue weighted by Gasteiger charge is -2.41. The van der Waals surface area contributed by atoms with Gasteiger partial charge in [-0.1, -0.05) is 6.92 Å². The highest BCUT2D eigenvalue weighted by Gasteiger charge is 2.49. The Morgan fingerprint density at radius 1 is 1.73 bits per heavy atom. The van der Waals surface area contributed by atoms with Crippen molar-refractivity contribution in [1.29, 1.82) is 0 Å². The van der Waals surface area contributed by atoms with E-state index in [1.807, 2.05) is 6.92 Å². The summed E-state index contributed by atoms with van der Waals surface area (Å²) in [6.45, 7) is 1.95. The highest BCUT2D eigenvalue weighted by molar-refractivity contribution is 5.78. The SMILES string of the molecule is CC[C@]1(C(=O)OC)C[C@H](O)C1. The number of carbonyl (C=O) groups is 1. The molecule has 1 rings (SSSR count). The van der Waals surface area contributed by atoms with Crippen LogP contribution in [0.15, 0.2) is 0 Å². The average Bonchev–Trinajstić information content (AvgIpc) is 1.96. The first-order valence-corrected chi connectivity index (χ1v) is 3.91. The van der Waals surface area contributed by atoms with Gasteiger partial charge in [0.1, 0.15) is 0 Å². The third-order valence-corrected chi connectivity index (χ3v) is 2.55. The van der Waals surface area contributed by atoms with Crippen molar-refractivity contribution in [1.82, 2.24) is 0 Å². The summed E-state index contributed by atoms with van der Waals surface area (Å²) in [4.78, 5) is 11.2. The van der Waals surface area contributed by atoms with Crippen LogP contribution in [-0.2, 0) is 9.53 Å². The van der Waals surface area contributed by atoms with Crippen LogP contribution in [0, 0.1) is 5.41 Å². The Balaban J connectivity index is 2.57. The molecule has 1 fully saturated rings. The van der Waals surface area contributed by atoms with E-state index in [9.17, 15) is 4.79 Å². The highest BCUT2D eigenvalue weighted by atomic mass is 16.5. The molecule has 0 heterocycles. The quantitative estimate of drug-likeness (QED) is 0.602. The van der Waals surface area contributed by atoms with Crippen LogP contribution >= 0.6 is 0 Å². The molecule has 0 aliphatic heterocycles. The zero-order valence-corrected chi connectivity index (χ0v) is 6.96. The molecular weight excluding hydrogens is 144 g/mol. The highest BCUT2D eigenvalue weighted by Crippen LogP contribution is 2.44. The number of ether oxygens (including phenoxy) is 1. The monoisotopic (exact) mass is 158 g/mol. The fourth-order valence-corrected chi connectivity index (χ4v) is 1.66. The minimum Gasteiger partial charge on any atom is -0.469 e. The van der Waals surface area contributed by atoms with Crippen LogP contribution < -0.4 is 0 Å². The van der Waals surface area contributed by atoms with Gasteiger partial charge in [-0.25, -0.2) is 0 Å². The lowest BCUT2D eigenvalue weighted by atomic mass is 9.65. The number of rotatable bonds is 2. The molecule has 1 saturated carbocycles. The molecular formula is C8H14O3. The predicted molar refractivity (Wildman–Crippen MR) is 40.0 cm³/mol. The molecule has 0 aromatic heterocycles. The minimum atomic E-state index is -0.367. The van der Waals surface area contributed by atoms with E-state index in [0.29, 0.717) is 12.8 Å². The van der Waals surface area contributed by atoms with Gasteiger partial charge in [0.25, 0.3) is 0 Å². The summed E-state index contributed by atoms with van der Waals surface area (Å²) < 4.78 is 4.65. The molecule has 3 nitrogen and oxygen atoms in total. The Morgan fingerprint density at radius 2 is 2.27 bits per heavy atom. The lowest BCUT2D eigenvalue weighted by molar-refractivity contribution is -0.167. The smallest absolute Gasteiger partial charge is 0.311 e. The molecule has 3 heteroatoms. The number of aliphatic hydroxyl groups is 1. The molecule has 0 aromatic carbocycles. The van der Waals surface area contributed by atoms with E-state index in [0.717, 1.165) is 6.42 Å². The second kappa shape index (κ2) is 2.81. The number of carbonyl (C=O) groups excluding carboxylic acids is 1. The second-order valence-electron chi connectivity index (χ2n) is 3.19. The fraction of sp³-hybridized carbons (Fsp3) is 0.875. The third-order valence-electron chi connectivity index (χ3n) is 2.55. The topological polar surface area (TPSA) is 46.5 Å². The third kappa shape index (κ3) is 1.25. The molecule has 11 heavy (non-hydrogen) atoms. The van der Waals surface area contributed by atoms with Crippen LogP contribution in [0.1, 0.15) is 26.2 Å². The van der Waals surface area contributed by atoms with Gasteiger partial charge in [-0.05, 0) is 19.3 Å². The van der Waals surface area contributed by atoms with Gasteiger partial charge >= 0.3 is 5.97 Å². The molecule has 0 bridgehead atoms. The summed E-state index contributed by atoms with van der Waals surface area (Å²) >= 11 is 0. The first-order valence-electron chi connectivity index (χ1n) is 3.91. The largest absolute Gasteiger partial charge is 0.469 e. The van der Waals surface area contributed by atoms with Crippen LogP contribution in [0.5, 0.6) is 0 Å². The first kappa shape index (κ1) is 8.53. The Kier molecular flexibility index (Phi) is 2.18. The summed E-state index contributed by atoms with van der Waals surface area (Å²) in [6.07, 6.45) is 1.59. The molecule has 64 valence electrons. The normalized spacial score (nSPS) is 36.1. The van der Waals surface area contributed by atoms with Crippen LogP contribution in [0.4, 0.5) is 0 Å². The summed E-state index contributed by atoms with van der Waals surface area (Å²) in [5, 5.41) is 9.05. The van der Waals surface area contributed by atoms with Gasteiger partial charge in [-0.3, -0.25) is 4.79 Å². The molecule has 0 amide bonds. The maximum Gasteiger partial charge on any atom is 0.311 e. The van der Waals surface area contributed by atoms with E-state index in [1.165, 1.54) is 7.11 Å². The van der Waals surface area contributed by atoms with Gasteiger partial charge in [0.2, 0.25) is 0 Å². The number of esters is 1. The standard InChI is InChI=1S/C8H14O3/c1-3-8(7(10)11-2)4-6(9)5-8/h6,9H,3-5H2,1-2H3/t6-,8-. The molecule has 0 unspecified atom stereocenters. The van der Waals surface area contributed by atoms with Crippen LogP contribution in [0.2, 0.25) is 0 Å². The maximum atomic E-state index is 11.2. The van der Waals surface area contributed by atoms with E-state index in [1.54, 1.807) is 0 Å². The summed E-state index contributed by atoms with van der Waals surface area (Å²) in [7, 11) is 1.39. The number of methoxy groups -OCH3 is 1. The van der Waals surface area contributed by atoms with Crippen molar-refractivity contribution in [2.24, 2.45) is 5.41 Å². The molecule has 1 aliphatic carbocycles. The molecule has 0 aromatic rings. The second-order valence-corrected chi connectivity index (χ2v) is 3.19. The van der Waals surface area contributed by atoms with Gasteiger partial charge in [-0.15, -0.1) is 0 Å². The van der Waals surface area contributed by atoms with Gasteiger partial charge in [0, 0.05) is 0 Å². The molecule has 0 radical (unpaired) electrons. The summed E-state index contributed by atoms with van der Waals surface area (Å²) in [5.41, 5.74) is -0.367. The van der Waals surface area contributed by atoms with Crippen molar-refractivity contribution in [3.63, 3.8) is 0 Å².